The van der Waals surface area contributed by atoms with Gasteiger partial charge in [-0.05, 0) is 30.2 Å². The molecule has 0 spiro atoms. The monoisotopic (exact) mass is 390 g/mol. The Kier molecular flexibility index (Phi) is 5.32. The number of rotatable bonds is 2. The van der Waals surface area contributed by atoms with Gasteiger partial charge < -0.3 is 10.6 Å². The second kappa shape index (κ2) is 7.35. The number of thiophene rings is 1. The van der Waals surface area contributed by atoms with Gasteiger partial charge in [0, 0.05) is 35.1 Å². The third-order valence-corrected chi connectivity index (χ3v) is 6.22. The smallest absolute Gasteiger partial charge is 0.264 e. The van der Waals surface area contributed by atoms with Crippen LogP contribution in [0.4, 0.5) is 4.39 Å². The van der Waals surface area contributed by atoms with E-state index < -0.39 is 0 Å². The van der Waals surface area contributed by atoms with Gasteiger partial charge in [-0.1, -0.05) is 36.4 Å². The summed E-state index contributed by atoms with van der Waals surface area (Å²) in [5, 5.41) is 0.555. The molecule has 1 aromatic heterocycles. The molecule has 3 nitrogen and oxygen atoms in total. The molecule has 1 amide bonds. The molecule has 0 radical (unpaired) electrons. The van der Waals surface area contributed by atoms with Crippen molar-refractivity contribution >= 4 is 39.7 Å². The van der Waals surface area contributed by atoms with Crippen LogP contribution in [0.25, 0.3) is 10.1 Å². The fourth-order valence-electron chi connectivity index (χ4n) is 3.65. The number of amides is 1. The Hall–Kier alpha value is -1.95. The molecule has 0 unspecified atom stereocenters. The van der Waals surface area contributed by atoms with Crippen molar-refractivity contribution in [2.45, 2.75) is 18.9 Å². The van der Waals surface area contributed by atoms with Crippen LogP contribution in [-0.2, 0) is 0 Å². The van der Waals surface area contributed by atoms with E-state index in [1.807, 2.05) is 31.2 Å². The second-order valence-corrected chi connectivity index (χ2v) is 7.61. The van der Waals surface area contributed by atoms with Crippen LogP contribution >= 0.6 is 23.7 Å². The average molecular weight is 391 g/mol. The normalized spacial score (nSPS) is 19.6. The molecule has 6 heteroatoms. The highest BCUT2D eigenvalue weighted by atomic mass is 35.5. The number of likely N-dealkylation sites (tertiary alicyclic amines) is 1. The van der Waals surface area contributed by atoms with Gasteiger partial charge in [-0.25, -0.2) is 4.39 Å². The summed E-state index contributed by atoms with van der Waals surface area (Å²) in [5.41, 5.74) is 8.18. The molecule has 26 heavy (non-hydrogen) atoms. The van der Waals surface area contributed by atoms with E-state index >= 15 is 0 Å². The number of nitrogens with two attached hydrogens (primary N) is 1. The fraction of sp³-hybridized carbons (Fsp3) is 0.250. The van der Waals surface area contributed by atoms with Gasteiger partial charge in [0.1, 0.15) is 5.82 Å². The number of carbonyl (C=O) groups is 1. The van der Waals surface area contributed by atoms with Crippen molar-refractivity contribution in [3.8, 4) is 0 Å². The number of carbonyl (C=O) groups excluding carboxylic acids is 1. The van der Waals surface area contributed by atoms with Crippen LogP contribution in [0.1, 0.15) is 26.7 Å². The minimum absolute atomic E-state index is 0. The van der Waals surface area contributed by atoms with E-state index in [2.05, 4.69) is 12.1 Å². The molecule has 1 saturated heterocycles. The quantitative estimate of drug-likeness (QED) is 0.707. The van der Waals surface area contributed by atoms with E-state index in [1.54, 1.807) is 11.0 Å². The lowest BCUT2D eigenvalue weighted by Crippen LogP contribution is -2.32. The van der Waals surface area contributed by atoms with E-state index in [0.717, 1.165) is 15.8 Å². The van der Waals surface area contributed by atoms with E-state index in [4.69, 9.17) is 5.73 Å². The van der Waals surface area contributed by atoms with Crippen molar-refractivity contribution in [3.05, 3.63) is 70.4 Å². The molecule has 2 atom stereocenters. The van der Waals surface area contributed by atoms with Gasteiger partial charge >= 0.3 is 0 Å². The first kappa shape index (κ1) is 18.8. The van der Waals surface area contributed by atoms with Gasteiger partial charge in [0.05, 0.1) is 4.88 Å². The first-order chi connectivity index (χ1) is 12.1. The molecule has 0 bridgehead atoms. The largest absolute Gasteiger partial charge is 0.336 e. The number of nitrogens with zero attached hydrogens (tertiary/aromatic N) is 1. The summed E-state index contributed by atoms with van der Waals surface area (Å²) >= 11 is 1.36. The summed E-state index contributed by atoms with van der Waals surface area (Å²) in [5.74, 6) is -0.186. The highest BCUT2D eigenvalue weighted by Crippen LogP contribution is 2.35. The van der Waals surface area contributed by atoms with E-state index in [0.29, 0.717) is 23.4 Å². The Balaban J connectivity index is 0.00000196. The summed E-state index contributed by atoms with van der Waals surface area (Å²) in [6, 6.07) is 15.0. The standard InChI is InChI=1S/C20H19FN2OS.ClH/c1-12-18-15(21)8-5-9-17(18)25-19(12)20(24)23-10-14(16(22)11-23)13-6-3-2-4-7-13;/h2-9,14,16H,10-11,22H2,1H3;1H/t14-,16+;/m0./s1. The van der Waals surface area contributed by atoms with Crippen LogP contribution in [-0.4, -0.2) is 29.9 Å². The fourth-order valence-corrected chi connectivity index (χ4v) is 4.84. The van der Waals surface area contributed by atoms with Crippen LogP contribution in [0.15, 0.2) is 48.5 Å². The molecule has 1 fully saturated rings. The predicted octanol–water partition coefficient (Wildman–Crippen LogP) is 4.34. The third kappa shape index (κ3) is 3.11. The Labute approximate surface area is 162 Å². The molecule has 2 N–H and O–H groups in total. The van der Waals surface area contributed by atoms with E-state index in [9.17, 15) is 9.18 Å². The summed E-state index contributed by atoms with van der Waals surface area (Å²) in [4.78, 5) is 15.4. The van der Waals surface area contributed by atoms with Crippen molar-refractivity contribution in [1.29, 1.82) is 0 Å². The summed E-state index contributed by atoms with van der Waals surface area (Å²) in [6.45, 7) is 2.94. The van der Waals surface area contributed by atoms with Gasteiger partial charge in [-0.2, -0.15) is 0 Å². The zero-order valence-corrected chi connectivity index (χ0v) is 15.9. The van der Waals surface area contributed by atoms with Crippen molar-refractivity contribution in [3.63, 3.8) is 0 Å². The lowest BCUT2D eigenvalue weighted by Gasteiger charge is -2.16. The predicted molar refractivity (Wildman–Crippen MR) is 107 cm³/mol. The number of hydrogen-bond acceptors (Lipinski definition) is 3. The zero-order chi connectivity index (χ0) is 17.6. The molecule has 1 aliphatic heterocycles. The van der Waals surface area contributed by atoms with Crippen LogP contribution < -0.4 is 5.73 Å². The van der Waals surface area contributed by atoms with Crippen molar-refractivity contribution in [2.24, 2.45) is 5.73 Å². The maximum Gasteiger partial charge on any atom is 0.264 e. The topological polar surface area (TPSA) is 46.3 Å². The first-order valence-electron chi connectivity index (χ1n) is 8.33. The number of halogens is 2. The molecule has 1 aliphatic rings. The molecule has 3 aromatic rings. The van der Waals surface area contributed by atoms with Crippen LogP contribution in [0.2, 0.25) is 0 Å². The average Bonchev–Trinajstić information content (AvgIpc) is 3.17. The Morgan fingerprint density at radius 1 is 1.15 bits per heavy atom. The molecular weight excluding hydrogens is 371 g/mol. The van der Waals surface area contributed by atoms with Gasteiger partial charge in [0.2, 0.25) is 0 Å². The summed E-state index contributed by atoms with van der Waals surface area (Å²) in [6.07, 6.45) is 0. The van der Waals surface area contributed by atoms with Gasteiger partial charge in [-0.15, -0.1) is 23.7 Å². The zero-order valence-electron chi connectivity index (χ0n) is 14.3. The second-order valence-electron chi connectivity index (χ2n) is 6.56. The van der Waals surface area contributed by atoms with Crippen molar-refractivity contribution in [2.75, 3.05) is 13.1 Å². The SMILES string of the molecule is Cc1c(C(=O)N2C[C@@H](N)[C@H](c3ccccc3)C2)sc2cccc(F)c12.Cl. The molecule has 4 rings (SSSR count). The highest BCUT2D eigenvalue weighted by molar-refractivity contribution is 7.21. The molecular formula is C20H20ClFN2OS. The lowest BCUT2D eigenvalue weighted by atomic mass is 9.95. The Morgan fingerprint density at radius 3 is 2.58 bits per heavy atom. The molecule has 2 heterocycles. The number of benzene rings is 2. The molecule has 0 saturated carbocycles. The molecule has 2 aromatic carbocycles. The number of fused-ring (bicyclic) bond motifs is 1. The highest BCUT2D eigenvalue weighted by Gasteiger charge is 2.35. The number of hydrogen-bond donors (Lipinski definition) is 1. The van der Waals surface area contributed by atoms with Crippen LogP contribution in [0.5, 0.6) is 0 Å². The van der Waals surface area contributed by atoms with Gasteiger partial charge in [0.25, 0.3) is 5.91 Å². The lowest BCUT2D eigenvalue weighted by molar-refractivity contribution is 0.0793. The Morgan fingerprint density at radius 2 is 1.88 bits per heavy atom. The minimum Gasteiger partial charge on any atom is -0.336 e. The number of aryl methyl sites for hydroxylation is 1. The first-order valence-corrected chi connectivity index (χ1v) is 9.15. The third-order valence-electron chi connectivity index (χ3n) is 4.98. The maximum absolute atomic E-state index is 14.1. The summed E-state index contributed by atoms with van der Waals surface area (Å²) < 4.78 is 14.9. The van der Waals surface area contributed by atoms with Crippen LogP contribution in [0, 0.1) is 12.7 Å². The van der Waals surface area contributed by atoms with E-state index in [-0.39, 0.29) is 36.1 Å². The summed E-state index contributed by atoms with van der Waals surface area (Å²) in [7, 11) is 0. The molecule has 136 valence electrons. The maximum atomic E-state index is 14.1. The van der Waals surface area contributed by atoms with E-state index in [1.165, 1.54) is 17.4 Å². The van der Waals surface area contributed by atoms with Crippen LogP contribution in [0.3, 0.4) is 0 Å². The van der Waals surface area contributed by atoms with Gasteiger partial charge in [0.15, 0.2) is 0 Å². The van der Waals surface area contributed by atoms with Crippen molar-refractivity contribution in [1.82, 2.24) is 4.90 Å². The Bertz CT molecular complexity index is 944. The minimum atomic E-state index is -0.273. The van der Waals surface area contributed by atoms with Crippen molar-refractivity contribution < 1.29 is 9.18 Å². The molecule has 0 aliphatic carbocycles. The van der Waals surface area contributed by atoms with Gasteiger partial charge in [-0.3, -0.25) is 4.79 Å².